The minimum absolute atomic E-state index is 0.00665. The molecule has 4 unspecified atom stereocenters. The molecule has 42 heavy (non-hydrogen) atoms. The second kappa shape index (κ2) is 17.2. The topological polar surface area (TPSA) is 231 Å². The molecule has 2 rings (SSSR count). The van der Waals surface area contributed by atoms with Crippen molar-refractivity contribution in [2.45, 2.75) is 70.1 Å². The molecule has 3 amide bonds. The van der Waals surface area contributed by atoms with Crippen LogP contribution in [-0.4, -0.2) is 82.5 Å². The Bertz CT molecular complexity index is 1230. The zero-order valence-electron chi connectivity index (χ0n) is 24.4. The lowest BCUT2D eigenvalue weighted by Crippen LogP contribution is -2.57. The van der Waals surface area contributed by atoms with Crippen molar-refractivity contribution < 1.29 is 24.3 Å². The van der Waals surface area contributed by atoms with Crippen molar-refractivity contribution in [3.8, 4) is 0 Å². The number of carboxylic acids is 1. The van der Waals surface area contributed by atoms with Crippen molar-refractivity contribution in [2.75, 3.05) is 18.6 Å². The molecular weight excluding hydrogens is 560 g/mol. The van der Waals surface area contributed by atoms with Crippen molar-refractivity contribution in [3.63, 3.8) is 0 Å². The smallest absolute Gasteiger partial charge is 0.326 e. The number of thioether (sulfide) groups is 1. The van der Waals surface area contributed by atoms with Gasteiger partial charge in [0.15, 0.2) is 5.96 Å². The van der Waals surface area contributed by atoms with Gasteiger partial charge in [-0.05, 0) is 55.2 Å². The molecule has 0 bridgehead atoms. The fourth-order valence-electron chi connectivity index (χ4n) is 4.39. The molecule has 0 aliphatic heterocycles. The van der Waals surface area contributed by atoms with Gasteiger partial charge in [0.25, 0.3) is 0 Å². The number of guanidine groups is 1. The summed E-state index contributed by atoms with van der Waals surface area (Å²) >= 11 is 1.56. The first-order valence-corrected chi connectivity index (χ1v) is 15.3. The van der Waals surface area contributed by atoms with Crippen LogP contribution in [0, 0.1) is 5.92 Å². The van der Waals surface area contributed by atoms with E-state index in [2.05, 4.69) is 25.9 Å². The fourth-order valence-corrected chi connectivity index (χ4v) is 4.88. The van der Waals surface area contributed by atoms with E-state index in [1.165, 1.54) is 0 Å². The number of carbonyl (C=O) groups excluding carboxylic acids is 3. The summed E-state index contributed by atoms with van der Waals surface area (Å²) in [5, 5.41) is 18.6. The highest BCUT2D eigenvalue weighted by molar-refractivity contribution is 7.98. The van der Waals surface area contributed by atoms with E-state index in [9.17, 15) is 24.3 Å². The molecular formula is C28H44N8O5S. The highest BCUT2D eigenvalue weighted by Gasteiger charge is 2.31. The Morgan fingerprint density at radius 3 is 2.26 bits per heavy atom. The SMILES string of the molecule is CSCCC(N)C(=O)NC(Cc1c[nH]c2ccccc12)C(=O)NC(CC(C)C)C(=O)NC(CCCN=C(N)N)C(=O)O. The number of benzene rings is 1. The lowest BCUT2D eigenvalue weighted by Gasteiger charge is -2.26. The molecule has 14 heteroatoms. The van der Waals surface area contributed by atoms with Crippen molar-refractivity contribution in [2.24, 2.45) is 28.1 Å². The molecule has 0 saturated heterocycles. The number of amides is 3. The standard InChI is InChI=1S/C28H44N8O5S/c1-16(2)13-22(25(38)34-21(27(40)41)9-6-11-32-28(30)31)36-26(39)23(35-24(37)19(29)10-12-42-3)14-17-15-33-20-8-5-4-7-18(17)20/h4-5,7-8,15-16,19,21-23,33H,6,9-14,29H2,1-3H3,(H,34,38)(H,35,37)(H,36,39)(H,40,41)(H4,30,31,32). The van der Waals surface area contributed by atoms with Crippen LogP contribution in [0.3, 0.4) is 0 Å². The number of carboxylic acid groups (broad SMARTS) is 1. The van der Waals surface area contributed by atoms with Gasteiger partial charge in [-0.1, -0.05) is 32.0 Å². The summed E-state index contributed by atoms with van der Waals surface area (Å²) in [6.45, 7) is 3.97. The molecule has 13 nitrogen and oxygen atoms in total. The predicted octanol–water partition coefficient (Wildman–Crippen LogP) is 0.430. The molecule has 0 aliphatic rings. The summed E-state index contributed by atoms with van der Waals surface area (Å²) in [5.74, 6) is -2.34. The maximum Gasteiger partial charge on any atom is 0.326 e. The molecule has 232 valence electrons. The number of H-pyrrole nitrogens is 1. The number of aromatic amines is 1. The number of hydrogen-bond donors (Lipinski definition) is 8. The molecule has 1 heterocycles. The Balaban J connectivity index is 2.24. The van der Waals surface area contributed by atoms with Crippen molar-refractivity contribution in [1.29, 1.82) is 0 Å². The molecule has 0 saturated carbocycles. The summed E-state index contributed by atoms with van der Waals surface area (Å²) in [5.41, 5.74) is 18.4. The molecule has 0 fully saturated rings. The second-order valence-corrected chi connectivity index (χ2v) is 11.5. The Kier molecular flexibility index (Phi) is 14.1. The number of nitrogens with zero attached hydrogens (tertiary/aromatic N) is 1. The molecule has 4 atom stereocenters. The van der Waals surface area contributed by atoms with Crippen molar-refractivity contribution in [1.82, 2.24) is 20.9 Å². The van der Waals surface area contributed by atoms with Crippen LogP contribution >= 0.6 is 11.8 Å². The van der Waals surface area contributed by atoms with E-state index in [-0.39, 0.29) is 37.7 Å². The summed E-state index contributed by atoms with van der Waals surface area (Å²) in [7, 11) is 0. The van der Waals surface area contributed by atoms with E-state index < -0.39 is 47.9 Å². The maximum atomic E-state index is 13.7. The summed E-state index contributed by atoms with van der Waals surface area (Å²) in [4.78, 5) is 58.7. The Hall–Kier alpha value is -3.78. The van der Waals surface area contributed by atoms with Gasteiger partial charge in [-0.3, -0.25) is 19.4 Å². The first kappa shape index (κ1) is 34.4. The third-order valence-electron chi connectivity index (χ3n) is 6.60. The van der Waals surface area contributed by atoms with Crippen LogP contribution in [-0.2, 0) is 25.6 Å². The first-order valence-electron chi connectivity index (χ1n) is 13.9. The van der Waals surface area contributed by atoms with Gasteiger partial charge >= 0.3 is 5.97 Å². The number of hydrogen-bond acceptors (Lipinski definition) is 7. The number of carbonyl (C=O) groups is 4. The number of aliphatic imine (C=N–C) groups is 1. The average Bonchev–Trinajstić information content (AvgIpc) is 3.34. The minimum atomic E-state index is -1.22. The van der Waals surface area contributed by atoms with Crippen LogP contribution < -0.4 is 33.2 Å². The quantitative estimate of drug-likeness (QED) is 0.0669. The van der Waals surface area contributed by atoms with Crippen LogP contribution in [0.25, 0.3) is 10.9 Å². The highest BCUT2D eigenvalue weighted by Crippen LogP contribution is 2.19. The van der Waals surface area contributed by atoms with Crippen LogP contribution in [0.2, 0.25) is 0 Å². The van der Waals surface area contributed by atoms with Crippen molar-refractivity contribution in [3.05, 3.63) is 36.0 Å². The molecule has 1 aromatic carbocycles. The maximum absolute atomic E-state index is 13.7. The summed E-state index contributed by atoms with van der Waals surface area (Å²) in [6.07, 6.45) is 4.94. The first-order chi connectivity index (χ1) is 19.9. The van der Waals surface area contributed by atoms with Crippen molar-refractivity contribution >= 4 is 52.3 Å². The van der Waals surface area contributed by atoms with E-state index in [4.69, 9.17) is 17.2 Å². The van der Waals surface area contributed by atoms with Crippen LogP contribution in [0.5, 0.6) is 0 Å². The number of nitrogens with two attached hydrogens (primary N) is 3. The van der Waals surface area contributed by atoms with Gasteiger partial charge in [0.2, 0.25) is 17.7 Å². The number of nitrogens with one attached hydrogen (secondary N) is 4. The molecule has 1 aromatic heterocycles. The lowest BCUT2D eigenvalue weighted by atomic mass is 10.00. The molecule has 0 aliphatic carbocycles. The largest absolute Gasteiger partial charge is 0.480 e. The number of aromatic nitrogens is 1. The number of fused-ring (bicyclic) bond motifs is 1. The summed E-state index contributed by atoms with van der Waals surface area (Å²) < 4.78 is 0. The van der Waals surface area contributed by atoms with Gasteiger partial charge in [-0.15, -0.1) is 0 Å². The molecule has 11 N–H and O–H groups in total. The van der Waals surface area contributed by atoms with E-state index in [0.29, 0.717) is 18.6 Å². The van der Waals surface area contributed by atoms with Gasteiger partial charge in [0.05, 0.1) is 6.04 Å². The molecule has 2 aromatic rings. The Morgan fingerprint density at radius 2 is 1.62 bits per heavy atom. The van der Waals surface area contributed by atoms with Gasteiger partial charge in [-0.25, -0.2) is 4.79 Å². The van der Waals surface area contributed by atoms with Gasteiger partial charge < -0.3 is 43.2 Å². The predicted molar refractivity (Wildman–Crippen MR) is 166 cm³/mol. The van der Waals surface area contributed by atoms with Gasteiger partial charge in [0, 0.05) is 30.1 Å². The third kappa shape index (κ3) is 11.2. The second-order valence-electron chi connectivity index (χ2n) is 10.6. The van der Waals surface area contributed by atoms with Crippen LogP contribution in [0.1, 0.15) is 45.1 Å². The van der Waals surface area contributed by atoms with Gasteiger partial charge in [-0.2, -0.15) is 11.8 Å². The zero-order chi connectivity index (χ0) is 31.2. The average molecular weight is 605 g/mol. The van der Waals surface area contributed by atoms with E-state index in [1.54, 1.807) is 18.0 Å². The number of aliphatic carboxylic acids is 1. The minimum Gasteiger partial charge on any atom is -0.480 e. The molecule has 0 radical (unpaired) electrons. The van der Waals surface area contributed by atoms with Crippen LogP contribution in [0.4, 0.5) is 0 Å². The number of para-hydroxylation sites is 1. The summed E-state index contributed by atoms with van der Waals surface area (Å²) in [6, 6.07) is 3.51. The van der Waals surface area contributed by atoms with E-state index in [1.807, 2.05) is 44.4 Å². The van der Waals surface area contributed by atoms with E-state index in [0.717, 1.165) is 16.5 Å². The number of rotatable bonds is 18. The fraction of sp³-hybridized carbons (Fsp3) is 0.536. The van der Waals surface area contributed by atoms with Crippen LogP contribution in [0.15, 0.2) is 35.5 Å². The molecule has 0 spiro atoms. The normalized spacial score (nSPS) is 14.0. The Labute approximate surface area is 250 Å². The zero-order valence-corrected chi connectivity index (χ0v) is 25.2. The van der Waals surface area contributed by atoms with Gasteiger partial charge in [0.1, 0.15) is 18.1 Å². The highest BCUT2D eigenvalue weighted by atomic mass is 32.2. The Morgan fingerprint density at radius 1 is 0.976 bits per heavy atom. The van der Waals surface area contributed by atoms with E-state index >= 15 is 0 Å². The lowest BCUT2D eigenvalue weighted by molar-refractivity contribution is -0.142. The third-order valence-corrected chi connectivity index (χ3v) is 7.25. The monoisotopic (exact) mass is 604 g/mol.